The molecule has 0 aliphatic rings. The Kier molecular flexibility index (Phi) is 11.2. The van der Waals surface area contributed by atoms with Crippen LogP contribution in [-0.4, -0.2) is 43.9 Å². The van der Waals surface area contributed by atoms with Gasteiger partial charge < -0.3 is 15.7 Å². The van der Waals surface area contributed by atoms with Gasteiger partial charge in [0.25, 0.3) is 5.91 Å². The van der Waals surface area contributed by atoms with Gasteiger partial charge >= 0.3 is 0 Å². The van der Waals surface area contributed by atoms with E-state index in [2.05, 4.69) is 28.3 Å². The fourth-order valence-electron chi connectivity index (χ4n) is 4.37. The van der Waals surface area contributed by atoms with Crippen LogP contribution in [-0.2, 0) is 29.4 Å². The van der Waals surface area contributed by atoms with Crippen molar-refractivity contribution in [3.05, 3.63) is 101 Å². The summed E-state index contributed by atoms with van der Waals surface area (Å²) in [5, 5.41) is 17.0. The number of carbonyl (C=O) groups is 1. The first-order valence-electron chi connectivity index (χ1n) is 13.3. The van der Waals surface area contributed by atoms with E-state index in [-0.39, 0.29) is 41.5 Å². The third kappa shape index (κ3) is 10.0. The molecule has 3 aromatic rings. The topological polar surface area (TPSA) is 108 Å². The monoisotopic (exact) mass is 573 g/mol. The third-order valence-corrected chi connectivity index (χ3v) is 7.84. The molecule has 0 saturated carbocycles. The minimum atomic E-state index is -3.60. The van der Waals surface area contributed by atoms with E-state index in [9.17, 15) is 27.1 Å². The molecular formula is C30H37F2N3O4S. The summed E-state index contributed by atoms with van der Waals surface area (Å²) in [4.78, 5) is 13.2. The number of aryl methyl sites for hydroxylation is 1. The standard InChI is InChI=1S/C30H37F2N3O4S/c1-4-21-7-5-8-22(11-21)17-33-18-29(36)28(14-23-12-25(31)16-26(32)13-23)34-30(37)24-9-6-10-27(15-24)35-40(38,39)19-20(2)3/h5-13,15-16,20,28-29,33,35-36H,4,14,17-19H2,1-3H3,(H,34,37). The highest BCUT2D eigenvalue weighted by molar-refractivity contribution is 7.92. The zero-order valence-corrected chi connectivity index (χ0v) is 23.8. The molecule has 10 heteroatoms. The van der Waals surface area contributed by atoms with Crippen molar-refractivity contribution in [3.63, 3.8) is 0 Å². The van der Waals surface area contributed by atoms with Crippen LogP contribution in [0.2, 0.25) is 0 Å². The summed E-state index contributed by atoms with van der Waals surface area (Å²) in [7, 11) is -3.60. The average molecular weight is 574 g/mol. The Bertz CT molecular complexity index is 1380. The summed E-state index contributed by atoms with van der Waals surface area (Å²) in [5.41, 5.74) is 2.89. The van der Waals surface area contributed by atoms with Gasteiger partial charge in [0, 0.05) is 30.4 Å². The Morgan fingerprint density at radius 1 is 0.925 bits per heavy atom. The lowest BCUT2D eigenvalue weighted by atomic mass is 10.00. The Hall–Kier alpha value is -3.34. The quantitative estimate of drug-likeness (QED) is 0.229. The van der Waals surface area contributed by atoms with Crippen LogP contribution in [0.5, 0.6) is 0 Å². The maximum atomic E-state index is 13.9. The number of aliphatic hydroxyl groups is 1. The van der Waals surface area contributed by atoms with Crippen molar-refractivity contribution in [2.45, 2.75) is 52.3 Å². The number of anilines is 1. The van der Waals surface area contributed by atoms with E-state index in [0.717, 1.165) is 30.2 Å². The number of hydrogen-bond acceptors (Lipinski definition) is 5. The molecule has 0 heterocycles. The van der Waals surface area contributed by atoms with E-state index in [4.69, 9.17) is 0 Å². The van der Waals surface area contributed by atoms with Crippen LogP contribution >= 0.6 is 0 Å². The van der Waals surface area contributed by atoms with Crippen LogP contribution in [0.1, 0.15) is 47.8 Å². The van der Waals surface area contributed by atoms with Crippen molar-refractivity contribution in [1.82, 2.24) is 10.6 Å². The smallest absolute Gasteiger partial charge is 0.251 e. The zero-order chi connectivity index (χ0) is 29.3. The van der Waals surface area contributed by atoms with Crippen molar-refractivity contribution >= 4 is 21.6 Å². The number of nitrogens with one attached hydrogen (secondary N) is 3. The Balaban J connectivity index is 1.74. The molecule has 0 fully saturated rings. The average Bonchev–Trinajstić information content (AvgIpc) is 2.86. The fraction of sp³-hybridized carbons (Fsp3) is 0.367. The second-order valence-electron chi connectivity index (χ2n) is 10.3. The van der Waals surface area contributed by atoms with E-state index in [1.807, 2.05) is 18.2 Å². The molecule has 7 nitrogen and oxygen atoms in total. The van der Waals surface area contributed by atoms with E-state index >= 15 is 0 Å². The van der Waals surface area contributed by atoms with Gasteiger partial charge in [-0.05, 0) is 65.8 Å². The summed E-state index contributed by atoms with van der Waals surface area (Å²) < 4.78 is 54.9. The predicted molar refractivity (Wildman–Crippen MR) is 154 cm³/mol. The van der Waals surface area contributed by atoms with Gasteiger partial charge in [0.2, 0.25) is 10.0 Å². The normalized spacial score (nSPS) is 13.2. The minimum absolute atomic E-state index is 0.0324. The number of benzene rings is 3. The van der Waals surface area contributed by atoms with Gasteiger partial charge in [0.15, 0.2) is 0 Å². The van der Waals surface area contributed by atoms with Gasteiger partial charge in [-0.2, -0.15) is 0 Å². The molecule has 4 N–H and O–H groups in total. The minimum Gasteiger partial charge on any atom is -0.390 e. The van der Waals surface area contributed by atoms with Crippen LogP contribution in [0, 0.1) is 17.6 Å². The number of aliphatic hydroxyl groups excluding tert-OH is 1. The summed E-state index contributed by atoms with van der Waals surface area (Å²) >= 11 is 0. The molecule has 40 heavy (non-hydrogen) atoms. The van der Waals surface area contributed by atoms with E-state index in [0.29, 0.717) is 6.54 Å². The van der Waals surface area contributed by atoms with E-state index in [1.54, 1.807) is 19.9 Å². The van der Waals surface area contributed by atoms with Gasteiger partial charge in [-0.3, -0.25) is 9.52 Å². The molecular weight excluding hydrogens is 536 g/mol. The number of sulfonamides is 1. The van der Waals surface area contributed by atoms with Crippen molar-refractivity contribution in [2.75, 3.05) is 17.0 Å². The Morgan fingerprint density at radius 2 is 1.60 bits per heavy atom. The van der Waals surface area contributed by atoms with E-state index < -0.39 is 39.7 Å². The maximum absolute atomic E-state index is 13.9. The summed E-state index contributed by atoms with van der Waals surface area (Å²) in [6.07, 6.45) is -0.234. The molecule has 3 rings (SSSR count). The molecule has 0 bridgehead atoms. The van der Waals surface area contributed by atoms with Crippen LogP contribution in [0.25, 0.3) is 0 Å². The molecule has 0 aliphatic heterocycles. The van der Waals surface area contributed by atoms with Crippen LogP contribution in [0.15, 0.2) is 66.7 Å². The van der Waals surface area contributed by atoms with Gasteiger partial charge in [0.1, 0.15) is 11.6 Å². The second kappa shape index (κ2) is 14.3. The molecule has 0 spiro atoms. The number of amides is 1. The first kappa shape index (κ1) is 31.2. The molecule has 1 amide bonds. The molecule has 0 saturated heterocycles. The number of hydrogen-bond donors (Lipinski definition) is 4. The highest BCUT2D eigenvalue weighted by Crippen LogP contribution is 2.16. The lowest BCUT2D eigenvalue weighted by Crippen LogP contribution is -2.48. The Morgan fingerprint density at radius 3 is 2.27 bits per heavy atom. The first-order chi connectivity index (χ1) is 18.9. The maximum Gasteiger partial charge on any atom is 0.251 e. The summed E-state index contributed by atoms with van der Waals surface area (Å²) in [6.45, 7) is 6.23. The van der Waals surface area contributed by atoms with Crippen molar-refractivity contribution in [3.8, 4) is 0 Å². The molecule has 0 aliphatic carbocycles. The molecule has 2 atom stereocenters. The van der Waals surface area contributed by atoms with Gasteiger partial charge in [-0.15, -0.1) is 0 Å². The number of halogens is 2. The van der Waals surface area contributed by atoms with Gasteiger partial charge in [-0.25, -0.2) is 17.2 Å². The van der Waals surface area contributed by atoms with Crippen molar-refractivity contribution in [2.24, 2.45) is 5.92 Å². The predicted octanol–water partition coefficient (Wildman–Crippen LogP) is 4.42. The summed E-state index contributed by atoms with van der Waals surface area (Å²) in [6, 6.07) is 16.2. The molecule has 3 aromatic carbocycles. The lowest BCUT2D eigenvalue weighted by Gasteiger charge is -2.25. The zero-order valence-electron chi connectivity index (χ0n) is 23.0. The molecule has 2 unspecified atom stereocenters. The Labute approximate surface area is 235 Å². The van der Waals surface area contributed by atoms with Crippen molar-refractivity contribution in [1.29, 1.82) is 0 Å². The number of carbonyl (C=O) groups excluding carboxylic acids is 1. The third-order valence-electron chi connectivity index (χ3n) is 6.19. The largest absolute Gasteiger partial charge is 0.390 e. The van der Waals surface area contributed by atoms with Gasteiger partial charge in [0.05, 0.1) is 17.9 Å². The van der Waals surface area contributed by atoms with Crippen LogP contribution < -0.4 is 15.4 Å². The van der Waals surface area contributed by atoms with Gasteiger partial charge in [-0.1, -0.05) is 51.1 Å². The molecule has 216 valence electrons. The van der Waals surface area contributed by atoms with Crippen LogP contribution in [0.3, 0.4) is 0 Å². The highest BCUT2D eigenvalue weighted by atomic mass is 32.2. The van der Waals surface area contributed by atoms with E-state index in [1.165, 1.54) is 23.8 Å². The summed E-state index contributed by atoms with van der Waals surface area (Å²) in [5.74, 6) is -2.24. The SMILES string of the molecule is CCc1cccc(CNCC(O)C(Cc2cc(F)cc(F)c2)NC(=O)c2cccc(NS(=O)(=O)CC(C)C)c2)c1. The molecule has 0 aromatic heterocycles. The first-order valence-corrected chi connectivity index (χ1v) is 14.9. The van der Waals surface area contributed by atoms with Crippen LogP contribution in [0.4, 0.5) is 14.5 Å². The lowest BCUT2D eigenvalue weighted by molar-refractivity contribution is 0.0830. The second-order valence-corrected chi connectivity index (χ2v) is 12.1. The number of rotatable bonds is 14. The highest BCUT2D eigenvalue weighted by Gasteiger charge is 2.23. The fourth-order valence-corrected chi connectivity index (χ4v) is 5.81. The van der Waals surface area contributed by atoms with Crippen molar-refractivity contribution < 1.29 is 27.1 Å². The molecule has 0 radical (unpaired) electrons.